The first-order valence-corrected chi connectivity index (χ1v) is 10.8. The Morgan fingerprint density at radius 2 is 1.65 bits per heavy atom. The van der Waals surface area contributed by atoms with Gasteiger partial charge in [-0.2, -0.15) is 0 Å². The highest BCUT2D eigenvalue weighted by Gasteiger charge is 2.29. The van der Waals surface area contributed by atoms with Crippen LogP contribution < -0.4 is 10.2 Å². The molecule has 3 heterocycles. The molecule has 2 aliphatic rings. The minimum absolute atomic E-state index is 0.0235. The number of nitrogens with one attached hydrogen (secondary N) is 1. The maximum atomic E-state index is 13.0. The highest BCUT2D eigenvalue weighted by atomic mass is 16.3. The highest BCUT2D eigenvalue weighted by molar-refractivity contribution is 5.97. The van der Waals surface area contributed by atoms with Gasteiger partial charge in [-0.05, 0) is 49.1 Å². The fourth-order valence-corrected chi connectivity index (χ4v) is 4.55. The van der Waals surface area contributed by atoms with E-state index < -0.39 is 0 Å². The van der Waals surface area contributed by atoms with E-state index >= 15 is 0 Å². The zero-order valence-electron chi connectivity index (χ0n) is 17.3. The largest absolute Gasteiger partial charge is 0.472 e. The number of carbonyl (C=O) groups is 2. The molecule has 3 aromatic rings. The van der Waals surface area contributed by atoms with Crippen molar-refractivity contribution >= 4 is 28.9 Å². The Labute approximate surface area is 181 Å². The van der Waals surface area contributed by atoms with Crippen molar-refractivity contribution < 1.29 is 14.0 Å². The highest BCUT2D eigenvalue weighted by Crippen LogP contribution is 2.38. The van der Waals surface area contributed by atoms with Gasteiger partial charge >= 0.3 is 0 Å². The Morgan fingerprint density at radius 1 is 0.903 bits per heavy atom. The topological polar surface area (TPSA) is 65.8 Å². The number of anilines is 3. The molecule has 0 bridgehead atoms. The molecule has 0 spiro atoms. The van der Waals surface area contributed by atoms with Gasteiger partial charge in [0, 0.05) is 31.2 Å². The average molecular weight is 415 g/mol. The van der Waals surface area contributed by atoms with Crippen molar-refractivity contribution in [3.63, 3.8) is 0 Å². The normalized spacial score (nSPS) is 16.3. The van der Waals surface area contributed by atoms with Crippen LogP contribution in [0.4, 0.5) is 17.1 Å². The van der Waals surface area contributed by atoms with Gasteiger partial charge in [0.25, 0.3) is 5.91 Å². The predicted molar refractivity (Wildman–Crippen MR) is 120 cm³/mol. The van der Waals surface area contributed by atoms with Crippen LogP contribution in [0.1, 0.15) is 28.8 Å². The standard InChI is InChI=1S/C25H25N3O3/c29-24(19-9-13-27(14-10-19)25(30)20-12-16-31-17-20)26-21-6-2-4-8-23(21)28-15-11-18-5-1-3-7-22(18)28/h1-8,12,16-17,19H,9-11,13-15H2,(H,26,29). The van der Waals surface area contributed by atoms with Gasteiger partial charge in [0.15, 0.2) is 0 Å². The van der Waals surface area contributed by atoms with E-state index in [1.165, 1.54) is 23.8 Å². The Morgan fingerprint density at radius 3 is 2.42 bits per heavy atom. The number of benzene rings is 2. The number of rotatable bonds is 4. The molecule has 0 unspecified atom stereocenters. The Kier molecular flexibility index (Phi) is 5.20. The molecule has 2 aliphatic heterocycles. The molecule has 6 nitrogen and oxygen atoms in total. The molecule has 6 heteroatoms. The van der Waals surface area contributed by atoms with Crippen LogP contribution in [0.3, 0.4) is 0 Å². The van der Waals surface area contributed by atoms with E-state index in [0.29, 0.717) is 31.5 Å². The fourth-order valence-electron chi connectivity index (χ4n) is 4.55. The SMILES string of the molecule is O=C(Nc1ccccc1N1CCc2ccccc21)C1CCN(C(=O)c2ccoc2)CC1. The van der Waals surface area contributed by atoms with E-state index in [1.807, 2.05) is 18.2 Å². The molecule has 1 saturated heterocycles. The lowest BCUT2D eigenvalue weighted by atomic mass is 9.95. The summed E-state index contributed by atoms with van der Waals surface area (Å²) in [6.07, 6.45) is 5.29. The van der Waals surface area contributed by atoms with E-state index in [1.54, 1.807) is 11.0 Å². The first kappa shape index (κ1) is 19.4. The first-order valence-electron chi connectivity index (χ1n) is 10.8. The average Bonchev–Trinajstić information content (AvgIpc) is 3.49. The first-order chi connectivity index (χ1) is 15.2. The number of carbonyl (C=O) groups excluding carboxylic acids is 2. The number of nitrogens with zero attached hydrogens (tertiary/aromatic N) is 2. The third kappa shape index (κ3) is 3.81. The molecule has 0 aliphatic carbocycles. The van der Waals surface area contributed by atoms with E-state index in [4.69, 9.17) is 4.42 Å². The molecule has 1 N–H and O–H groups in total. The minimum Gasteiger partial charge on any atom is -0.472 e. The van der Waals surface area contributed by atoms with Crippen molar-refractivity contribution in [2.75, 3.05) is 29.9 Å². The summed E-state index contributed by atoms with van der Waals surface area (Å²) in [5.41, 5.74) is 4.95. The molecule has 1 fully saturated rings. The lowest BCUT2D eigenvalue weighted by molar-refractivity contribution is -0.121. The second-order valence-corrected chi connectivity index (χ2v) is 8.12. The molecular weight excluding hydrogens is 390 g/mol. The minimum atomic E-state index is -0.104. The summed E-state index contributed by atoms with van der Waals surface area (Å²) in [6, 6.07) is 18.1. The smallest absolute Gasteiger partial charge is 0.257 e. The third-order valence-electron chi connectivity index (χ3n) is 6.26. The third-order valence-corrected chi connectivity index (χ3v) is 6.26. The van der Waals surface area contributed by atoms with Crippen LogP contribution in [0, 0.1) is 5.92 Å². The van der Waals surface area contributed by atoms with Crippen LogP contribution in [0.25, 0.3) is 0 Å². The van der Waals surface area contributed by atoms with Crippen LogP contribution in [0.15, 0.2) is 71.5 Å². The molecule has 5 rings (SSSR count). The number of amides is 2. The lowest BCUT2D eigenvalue weighted by Gasteiger charge is -2.31. The van der Waals surface area contributed by atoms with E-state index in [0.717, 1.165) is 24.3 Å². The molecule has 0 radical (unpaired) electrons. The molecule has 0 atom stereocenters. The molecule has 158 valence electrons. The number of hydrogen-bond acceptors (Lipinski definition) is 4. The number of para-hydroxylation sites is 3. The van der Waals surface area contributed by atoms with Crippen LogP contribution in [0.5, 0.6) is 0 Å². The summed E-state index contributed by atoms with van der Waals surface area (Å²) in [5.74, 6) is -0.117. The fraction of sp³-hybridized carbons (Fsp3) is 0.280. The number of hydrogen-bond donors (Lipinski definition) is 1. The van der Waals surface area contributed by atoms with Gasteiger partial charge in [0.2, 0.25) is 5.91 Å². The maximum absolute atomic E-state index is 13.0. The van der Waals surface area contributed by atoms with Crippen LogP contribution >= 0.6 is 0 Å². The molecule has 31 heavy (non-hydrogen) atoms. The number of fused-ring (bicyclic) bond motifs is 1. The molecular formula is C25H25N3O3. The summed E-state index contributed by atoms with van der Waals surface area (Å²) in [7, 11) is 0. The van der Waals surface area contributed by atoms with Crippen molar-refractivity contribution in [1.82, 2.24) is 4.90 Å². The zero-order chi connectivity index (χ0) is 21.2. The van der Waals surface area contributed by atoms with Crippen LogP contribution in [0.2, 0.25) is 0 Å². The number of likely N-dealkylation sites (tertiary alicyclic amines) is 1. The van der Waals surface area contributed by atoms with Crippen molar-refractivity contribution in [2.45, 2.75) is 19.3 Å². The predicted octanol–water partition coefficient (Wildman–Crippen LogP) is 4.46. The van der Waals surface area contributed by atoms with Crippen molar-refractivity contribution in [1.29, 1.82) is 0 Å². The van der Waals surface area contributed by atoms with Crippen LogP contribution in [-0.2, 0) is 11.2 Å². The second-order valence-electron chi connectivity index (χ2n) is 8.12. The number of furan rings is 1. The maximum Gasteiger partial charge on any atom is 0.257 e. The molecule has 0 saturated carbocycles. The van der Waals surface area contributed by atoms with Crippen molar-refractivity contribution in [2.24, 2.45) is 5.92 Å². The van der Waals surface area contributed by atoms with Gasteiger partial charge in [-0.1, -0.05) is 30.3 Å². The monoisotopic (exact) mass is 415 g/mol. The number of piperidine rings is 1. The van der Waals surface area contributed by atoms with E-state index in [-0.39, 0.29) is 17.7 Å². The van der Waals surface area contributed by atoms with Crippen molar-refractivity contribution in [3.8, 4) is 0 Å². The summed E-state index contributed by atoms with van der Waals surface area (Å²) < 4.78 is 5.01. The summed E-state index contributed by atoms with van der Waals surface area (Å²) in [6.45, 7) is 2.05. The van der Waals surface area contributed by atoms with Gasteiger partial charge in [0.05, 0.1) is 23.2 Å². The lowest BCUT2D eigenvalue weighted by Crippen LogP contribution is -2.41. The molecule has 1 aromatic heterocycles. The van der Waals surface area contributed by atoms with Gasteiger partial charge in [-0.15, -0.1) is 0 Å². The molecule has 2 amide bonds. The summed E-state index contributed by atoms with van der Waals surface area (Å²) in [5, 5.41) is 3.16. The zero-order valence-corrected chi connectivity index (χ0v) is 17.3. The summed E-state index contributed by atoms with van der Waals surface area (Å²) >= 11 is 0. The van der Waals surface area contributed by atoms with Crippen LogP contribution in [-0.4, -0.2) is 36.3 Å². The summed E-state index contributed by atoms with van der Waals surface area (Å²) in [4.78, 5) is 29.6. The van der Waals surface area contributed by atoms with E-state index in [2.05, 4.69) is 40.5 Å². The Bertz CT molecular complexity index is 1080. The van der Waals surface area contributed by atoms with Gasteiger partial charge in [-0.25, -0.2) is 0 Å². The molecule has 2 aromatic carbocycles. The quantitative estimate of drug-likeness (QED) is 0.683. The van der Waals surface area contributed by atoms with Gasteiger partial charge in [-0.3, -0.25) is 9.59 Å². The second kappa shape index (κ2) is 8.30. The van der Waals surface area contributed by atoms with E-state index in [9.17, 15) is 9.59 Å². The van der Waals surface area contributed by atoms with Crippen molar-refractivity contribution in [3.05, 3.63) is 78.3 Å². The Hall–Kier alpha value is -3.54. The van der Waals surface area contributed by atoms with Gasteiger partial charge < -0.3 is 19.5 Å². The van der Waals surface area contributed by atoms with Gasteiger partial charge in [0.1, 0.15) is 6.26 Å². The Balaban J connectivity index is 1.26.